The molecule has 0 aliphatic carbocycles. The summed E-state index contributed by atoms with van der Waals surface area (Å²) in [5.74, 6) is -0.00713. The normalized spacial score (nSPS) is 10.5. The molecule has 4 N–H and O–H groups in total. The van der Waals surface area contributed by atoms with E-state index in [0.717, 1.165) is 5.52 Å². The van der Waals surface area contributed by atoms with Crippen LogP contribution in [-0.4, -0.2) is 15.3 Å². The van der Waals surface area contributed by atoms with E-state index in [9.17, 15) is 0 Å². The first-order valence-electron chi connectivity index (χ1n) is 3.20. The third-order valence-corrected chi connectivity index (χ3v) is 1.57. The maximum absolute atomic E-state index is 9.14. The van der Waals surface area contributed by atoms with E-state index < -0.39 is 0 Å². The Morgan fingerprint density at radius 1 is 1.45 bits per heavy atom. The molecule has 0 amide bonds. The maximum Gasteiger partial charge on any atom is 0.238 e. The van der Waals surface area contributed by atoms with E-state index in [-0.39, 0.29) is 5.88 Å². The smallest absolute Gasteiger partial charge is 0.238 e. The molecule has 0 bridgehead atoms. The van der Waals surface area contributed by atoms with Crippen LogP contribution in [0.25, 0.3) is 10.9 Å². The van der Waals surface area contributed by atoms with E-state index in [4.69, 9.17) is 10.8 Å². The molecule has 4 heteroatoms. The lowest BCUT2D eigenvalue weighted by Crippen LogP contribution is -1.81. The number of nitrogens with zero attached hydrogens (tertiary/aromatic N) is 1. The Bertz CT molecular complexity index is 393. The highest BCUT2D eigenvalue weighted by molar-refractivity contribution is 5.86. The number of fused-ring (bicyclic) bond motifs is 1. The predicted molar refractivity (Wildman–Crippen MR) is 42.2 cm³/mol. The number of aromatic hydroxyl groups is 1. The minimum absolute atomic E-state index is 0.00713. The summed E-state index contributed by atoms with van der Waals surface area (Å²) in [6.07, 6.45) is 0. The number of aromatic nitrogens is 2. The Morgan fingerprint density at radius 3 is 3.09 bits per heavy atom. The average Bonchev–Trinajstić information content (AvgIpc) is 2.33. The minimum atomic E-state index is -0.00713. The van der Waals surface area contributed by atoms with Gasteiger partial charge in [-0.05, 0) is 18.2 Å². The van der Waals surface area contributed by atoms with E-state index in [1.807, 2.05) is 0 Å². The summed E-state index contributed by atoms with van der Waals surface area (Å²) in [5.41, 5.74) is 6.91. The molecule has 2 rings (SSSR count). The van der Waals surface area contributed by atoms with Crippen LogP contribution in [0.2, 0.25) is 0 Å². The van der Waals surface area contributed by atoms with Crippen molar-refractivity contribution >= 4 is 16.6 Å². The van der Waals surface area contributed by atoms with Crippen molar-refractivity contribution < 1.29 is 5.11 Å². The van der Waals surface area contributed by atoms with Gasteiger partial charge in [0.25, 0.3) is 0 Å². The molecule has 4 nitrogen and oxygen atoms in total. The number of benzene rings is 1. The van der Waals surface area contributed by atoms with Gasteiger partial charge in [-0.1, -0.05) is 0 Å². The van der Waals surface area contributed by atoms with Crippen LogP contribution in [-0.2, 0) is 0 Å². The number of nitrogens with two attached hydrogens (primary N) is 1. The Labute approximate surface area is 62.6 Å². The molecule has 0 fully saturated rings. The molecular weight excluding hydrogens is 142 g/mol. The zero-order valence-corrected chi connectivity index (χ0v) is 5.70. The summed E-state index contributed by atoms with van der Waals surface area (Å²) >= 11 is 0. The number of anilines is 1. The molecule has 56 valence electrons. The van der Waals surface area contributed by atoms with E-state index in [0.29, 0.717) is 11.1 Å². The van der Waals surface area contributed by atoms with Crippen LogP contribution < -0.4 is 5.73 Å². The molecule has 0 spiro atoms. The molecule has 2 aromatic rings. The predicted octanol–water partition coefficient (Wildman–Crippen LogP) is 0.851. The van der Waals surface area contributed by atoms with Gasteiger partial charge in [0.15, 0.2) is 0 Å². The number of rotatable bonds is 0. The van der Waals surface area contributed by atoms with Crippen molar-refractivity contribution in [3.63, 3.8) is 0 Å². The van der Waals surface area contributed by atoms with Crippen LogP contribution in [0.1, 0.15) is 0 Å². The summed E-state index contributed by atoms with van der Waals surface area (Å²) < 4.78 is 0. The van der Waals surface area contributed by atoms with Gasteiger partial charge < -0.3 is 10.8 Å². The van der Waals surface area contributed by atoms with Crippen molar-refractivity contribution in [1.82, 2.24) is 10.2 Å². The Hall–Kier alpha value is -1.71. The van der Waals surface area contributed by atoms with Crippen LogP contribution in [0, 0.1) is 0 Å². The van der Waals surface area contributed by atoms with Gasteiger partial charge in [-0.3, -0.25) is 5.10 Å². The van der Waals surface area contributed by atoms with Gasteiger partial charge in [0.2, 0.25) is 5.88 Å². The molecule has 0 saturated carbocycles. The number of hydrogen-bond acceptors (Lipinski definition) is 3. The zero-order chi connectivity index (χ0) is 7.84. The summed E-state index contributed by atoms with van der Waals surface area (Å²) in [7, 11) is 0. The van der Waals surface area contributed by atoms with Crippen LogP contribution in [0.15, 0.2) is 18.2 Å². The van der Waals surface area contributed by atoms with E-state index in [1.54, 1.807) is 18.2 Å². The van der Waals surface area contributed by atoms with E-state index >= 15 is 0 Å². The third kappa shape index (κ3) is 0.797. The number of nitrogens with one attached hydrogen (secondary N) is 1. The summed E-state index contributed by atoms with van der Waals surface area (Å²) in [6.45, 7) is 0. The fourth-order valence-electron chi connectivity index (χ4n) is 1.02. The van der Waals surface area contributed by atoms with Gasteiger partial charge in [0.1, 0.15) is 0 Å². The lowest BCUT2D eigenvalue weighted by molar-refractivity contribution is 0.457. The lowest BCUT2D eigenvalue weighted by atomic mass is 10.2. The summed E-state index contributed by atoms with van der Waals surface area (Å²) in [6, 6.07) is 5.20. The second-order valence-electron chi connectivity index (χ2n) is 2.35. The second-order valence-corrected chi connectivity index (χ2v) is 2.35. The largest absolute Gasteiger partial charge is 0.492 e. The van der Waals surface area contributed by atoms with Crippen molar-refractivity contribution in [2.75, 3.05) is 5.73 Å². The van der Waals surface area contributed by atoms with Crippen LogP contribution in [0.5, 0.6) is 5.88 Å². The quantitative estimate of drug-likeness (QED) is 0.486. The van der Waals surface area contributed by atoms with Gasteiger partial charge in [-0.25, -0.2) is 0 Å². The molecule has 1 aromatic heterocycles. The second kappa shape index (κ2) is 1.88. The highest BCUT2D eigenvalue weighted by atomic mass is 16.3. The van der Waals surface area contributed by atoms with Gasteiger partial charge in [-0.2, -0.15) is 0 Å². The maximum atomic E-state index is 9.14. The van der Waals surface area contributed by atoms with E-state index in [1.165, 1.54) is 0 Å². The standard InChI is InChI=1S/C7H7N3O/c8-4-1-2-6-5(3-4)7(11)10-9-6/h1-3H,8H2,(H2,9,10,11). The van der Waals surface area contributed by atoms with Crippen molar-refractivity contribution in [2.45, 2.75) is 0 Å². The van der Waals surface area contributed by atoms with Crippen LogP contribution in [0.4, 0.5) is 5.69 Å². The zero-order valence-electron chi connectivity index (χ0n) is 5.70. The van der Waals surface area contributed by atoms with Gasteiger partial charge >= 0.3 is 0 Å². The molecule has 0 atom stereocenters. The van der Waals surface area contributed by atoms with Crippen LogP contribution in [0.3, 0.4) is 0 Å². The summed E-state index contributed by atoms with van der Waals surface area (Å²) in [5, 5.41) is 16.1. The first kappa shape index (κ1) is 6.03. The van der Waals surface area contributed by atoms with Crippen LogP contribution >= 0.6 is 0 Å². The number of nitrogen functional groups attached to an aromatic ring is 1. The average molecular weight is 149 g/mol. The molecule has 0 unspecified atom stereocenters. The Kier molecular flexibility index (Phi) is 1.03. The first-order valence-corrected chi connectivity index (χ1v) is 3.20. The number of H-pyrrole nitrogens is 1. The molecule has 0 saturated heterocycles. The molecule has 0 aliphatic rings. The number of aromatic amines is 1. The van der Waals surface area contributed by atoms with Gasteiger partial charge in [0, 0.05) is 5.69 Å². The molecule has 0 radical (unpaired) electrons. The SMILES string of the molecule is Nc1ccc2[nH]nc(O)c2c1. The van der Waals surface area contributed by atoms with Crippen molar-refractivity contribution in [1.29, 1.82) is 0 Å². The van der Waals surface area contributed by atoms with Crippen molar-refractivity contribution in [3.05, 3.63) is 18.2 Å². The summed E-state index contributed by atoms with van der Waals surface area (Å²) in [4.78, 5) is 0. The van der Waals surface area contributed by atoms with Gasteiger partial charge in [0.05, 0.1) is 10.9 Å². The van der Waals surface area contributed by atoms with E-state index in [2.05, 4.69) is 10.2 Å². The van der Waals surface area contributed by atoms with Gasteiger partial charge in [-0.15, -0.1) is 5.10 Å². The third-order valence-electron chi connectivity index (χ3n) is 1.57. The Balaban J connectivity index is 2.87. The highest BCUT2D eigenvalue weighted by Crippen LogP contribution is 2.22. The molecule has 11 heavy (non-hydrogen) atoms. The van der Waals surface area contributed by atoms with Crippen molar-refractivity contribution in [2.24, 2.45) is 0 Å². The molecule has 1 heterocycles. The molecular formula is C7H7N3O. The lowest BCUT2D eigenvalue weighted by Gasteiger charge is -1.90. The number of hydrogen-bond donors (Lipinski definition) is 3. The van der Waals surface area contributed by atoms with Crippen molar-refractivity contribution in [3.8, 4) is 5.88 Å². The minimum Gasteiger partial charge on any atom is -0.492 e. The fraction of sp³-hybridized carbons (Fsp3) is 0. The Morgan fingerprint density at radius 2 is 2.27 bits per heavy atom. The first-order chi connectivity index (χ1) is 5.27. The molecule has 0 aliphatic heterocycles. The monoisotopic (exact) mass is 149 g/mol. The molecule has 1 aromatic carbocycles. The highest BCUT2D eigenvalue weighted by Gasteiger charge is 2.01. The fourth-order valence-corrected chi connectivity index (χ4v) is 1.02. The topological polar surface area (TPSA) is 74.9 Å².